The normalized spacial score (nSPS) is 14.1. The largest absolute Gasteiger partial charge is 0.481 e. The molecule has 2 N–H and O–H groups in total. The lowest BCUT2D eigenvalue weighted by atomic mass is 9.91. The molecule has 0 amide bonds. The van der Waals surface area contributed by atoms with Crippen molar-refractivity contribution in [3.8, 4) is 0 Å². The van der Waals surface area contributed by atoms with E-state index in [1.54, 1.807) is 0 Å². The van der Waals surface area contributed by atoms with Crippen LogP contribution in [0.15, 0.2) is 0 Å². The molecule has 0 heterocycles. The minimum atomic E-state index is -1.08. The van der Waals surface area contributed by atoms with Crippen molar-refractivity contribution in [2.45, 2.75) is 128 Å². The fraction of sp³-hybridized carbons (Fsp3) is 0.960. The molecule has 0 aromatic rings. The molecule has 0 aromatic heterocycles. The smallest absolute Gasteiger partial charge is 0.306 e. The van der Waals surface area contributed by atoms with Crippen molar-refractivity contribution in [2.75, 3.05) is 27.7 Å². The summed E-state index contributed by atoms with van der Waals surface area (Å²) in [5, 5.41) is 19.9. The monoisotopic (exact) mass is 414 g/mol. The molecule has 1 unspecified atom stereocenters. The molecular formula is C25H52NO3+. The number of quaternary nitrogens is 1. The van der Waals surface area contributed by atoms with E-state index < -0.39 is 11.6 Å². The Hall–Kier alpha value is -0.610. The summed E-state index contributed by atoms with van der Waals surface area (Å²) in [7, 11) is 6.00. The SMILES string of the molecule is CCCCCCCCCCCCCCCCCCC(O)(CC(=O)O)C[N+](C)(C)C. The topological polar surface area (TPSA) is 57.5 Å². The van der Waals surface area contributed by atoms with Gasteiger partial charge in [-0.15, -0.1) is 0 Å². The first-order valence-electron chi connectivity index (χ1n) is 12.4. The maximum absolute atomic E-state index is 11.1. The molecule has 174 valence electrons. The van der Waals surface area contributed by atoms with Crippen molar-refractivity contribution < 1.29 is 19.5 Å². The Labute approximate surface area is 181 Å². The van der Waals surface area contributed by atoms with Gasteiger partial charge in [0.05, 0.1) is 27.6 Å². The van der Waals surface area contributed by atoms with Gasteiger partial charge in [-0.2, -0.15) is 0 Å². The van der Waals surface area contributed by atoms with Crippen LogP contribution < -0.4 is 0 Å². The quantitative estimate of drug-likeness (QED) is 0.165. The van der Waals surface area contributed by atoms with Gasteiger partial charge in [0.1, 0.15) is 12.1 Å². The zero-order chi connectivity index (χ0) is 22.0. The van der Waals surface area contributed by atoms with E-state index in [4.69, 9.17) is 5.11 Å². The van der Waals surface area contributed by atoms with Gasteiger partial charge in [-0.05, 0) is 6.42 Å². The van der Waals surface area contributed by atoms with E-state index >= 15 is 0 Å². The zero-order valence-electron chi connectivity index (χ0n) is 20.2. The zero-order valence-corrected chi connectivity index (χ0v) is 20.2. The first kappa shape index (κ1) is 28.4. The molecule has 0 aliphatic carbocycles. The lowest BCUT2D eigenvalue weighted by Crippen LogP contribution is -2.50. The first-order chi connectivity index (χ1) is 13.7. The highest BCUT2D eigenvalue weighted by Crippen LogP contribution is 2.23. The average Bonchev–Trinajstić information content (AvgIpc) is 2.59. The fourth-order valence-electron chi connectivity index (χ4n) is 4.39. The van der Waals surface area contributed by atoms with Gasteiger partial charge in [0.15, 0.2) is 0 Å². The summed E-state index contributed by atoms with van der Waals surface area (Å²) >= 11 is 0. The highest BCUT2D eigenvalue weighted by molar-refractivity contribution is 5.68. The second kappa shape index (κ2) is 17.1. The van der Waals surface area contributed by atoms with Crippen LogP contribution in [0.5, 0.6) is 0 Å². The standard InChI is InChI=1S/C25H51NO3/c1-5-6-7-8-9-10-11-12-13-14-15-16-17-18-19-20-21-25(29,22-24(27)28)23-26(2,3)4/h29H,5-23H2,1-4H3/p+1. The number of nitrogens with zero attached hydrogens (tertiary/aromatic N) is 1. The Morgan fingerprint density at radius 2 is 1.03 bits per heavy atom. The third-order valence-electron chi connectivity index (χ3n) is 5.74. The van der Waals surface area contributed by atoms with Crippen LogP contribution in [0.1, 0.15) is 122 Å². The average molecular weight is 415 g/mol. The molecule has 29 heavy (non-hydrogen) atoms. The van der Waals surface area contributed by atoms with Gasteiger partial charge in [0.2, 0.25) is 0 Å². The number of hydrogen-bond acceptors (Lipinski definition) is 2. The van der Waals surface area contributed by atoms with Crippen LogP contribution in [0.2, 0.25) is 0 Å². The Morgan fingerprint density at radius 3 is 1.34 bits per heavy atom. The number of aliphatic hydroxyl groups is 1. The summed E-state index contributed by atoms with van der Waals surface area (Å²) < 4.78 is 0.586. The minimum absolute atomic E-state index is 0.152. The number of carbonyl (C=O) groups is 1. The van der Waals surface area contributed by atoms with Crippen molar-refractivity contribution in [3.05, 3.63) is 0 Å². The van der Waals surface area contributed by atoms with E-state index in [1.165, 1.54) is 89.9 Å². The number of unbranched alkanes of at least 4 members (excludes halogenated alkanes) is 15. The van der Waals surface area contributed by atoms with Crippen LogP contribution in [0.3, 0.4) is 0 Å². The molecule has 1 atom stereocenters. The Bertz CT molecular complexity index is 392. The number of carboxylic acids is 1. The Kier molecular flexibility index (Phi) is 16.7. The van der Waals surface area contributed by atoms with Crippen LogP contribution in [0.4, 0.5) is 0 Å². The number of rotatable bonds is 21. The maximum atomic E-state index is 11.1. The van der Waals surface area contributed by atoms with Crippen LogP contribution in [0.25, 0.3) is 0 Å². The lowest BCUT2D eigenvalue weighted by molar-refractivity contribution is -0.877. The highest BCUT2D eigenvalue weighted by atomic mass is 16.4. The summed E-state index contributed by atoms with van der Waals surface area (Å²) in [5.41, 5.74) is -1.08. The van der Waals surface area contributed by atoms with Crippen LogP contribution in [-0.4, -0.2) is 54.0 Å². The molecule has 0 spiro atoms. The molecule has 4 heteroatoms. The van der Waals surface area contributed by atoms with Gasteiger partial charge >= 0.3 is 5.97 Å². The molecule has 0 aliphatic rings. The molecule has 0 saturated carbocycles. The van der Waals surface area contributed by atoms with Crippen LogP contribution >= 0.6 is 0 Å². The van der Waals surface area contributed by atoms with Gasteiger partial charge in [0.25, 0.3) is 0 Å². The van der Waals surface area contributed by atoms with E-state index in [2.05, 4.69) is 6.92 Å². The lowest BCUT2D eigenvalue weighted by Gasteiger charge is -2.34. The molecule has 0 radical (unpaired) electrons. The molecular weight excluding hydrogens is 362 g/mol. The molecule has 0 fully saturated rings. The summed E-state index contributed by atoms with van der Waals surface area (Å²) in [5.74, 6) is -0.905. The fourth-order valence-corrected chi connectivity index (χ4v) is 4.39. The molecule has 0 bridgehead atoms. The third-order valence-corrected chi connectivity index (χ3v) is 5.74. The van der Waals surface area contributed by atoms with Gasteiger partial charge < -0.3 is 14.7 Å². The van der Waals surface area contributed by atoms with Gasteiger partial charge in [-0.3, -0.25) is 4.79 Å². The van der Waals surface area contributed by atoms with E-state index in [9.17, 15) is 9.90 Å². The molecule has 0 aromatic carbocycles. The third kappa shape index (κ3) is 20.4. The Balaban J connectivity index is 3.56. The summed E-state index contributed by atoms with van der Waals surface area (Å²) in [6.45, 7) is 2.76. The van der Waals surface area contributed by atoms with Crippen molar-refractivity contribution in [2.24, 2.45) is 0 Å². The van der Waals surface area contributed by atoms with E-state index in [1.807, 2.05) is 21.1 Å². The summed E-state index contributed by atoms with van der Waals surface area (Å²) in [6.07, 6.45) is 21.6. The second-order valence-electron chi connectivity index (χ2n) is 10.3. The second-order valence-corrected chi connectivity index (χ2v) is 10.3. The van der Waals surface area contributed by atoms with E-state index in [0.717, 1.165) is 12.8 Å². The summed E-state index contributed by atoms with van der Waals surface area (Å²) in [6, 6.07) is 0. The van der Waals surface area contributed by atoms with Gasteiger partial charge in [-0.1, -0.05) is 110 Å². The maximum Gasteiger partial charge on any atom is 0.306 e. The van der Waals surface area contributed by atoms with Crippen molar-refractivity contribution in [3.63, 3.8) is 0 Å². The number of likely N-dealkylation sites (N-methyl/N-ethyl adjacent to an activating group) is 1. The predicted molar refractivity (Wildman–Crippen MR) is 124 cm³/mol. The molecule has 4 nitrogen and oxygen atoms in total. The van der Waals surface area contributed by atoms with E-state index in [0.29, 0.717) is 17.4 Å². The van der Waals surface area contributed by atoms with Crippen molar-refractivity contribution in [1.29, 1.82) is 0 Å². The minimum Gasteiger partial charge on any atom is -0.481 e. The van der Waals surface area contributed by atoms with Gasteiger partial charge in [-0.25, -0.2) is 0 Å². The predicted octanol–water partition coefficient (Wildman–Crippen LogP) is 6.55. The van der Waals surface area contributed by atoms with Crippen molar-refractivity contribution in [1.82, 2.24) is 0 Å². The molecule has 0 rings (SSSR count). The first-order valence-corrected chi connectivity index (χ1v) is 12.4. The number of hydrogen-bond donors (Lipinski definition) is 2. The Morgan fingerprint density at radius 1 is 0.690 bits per heavy atom. The molecule has 0 saturated heterocycles. The van der Waals surface area contributed by atoms with E-state index in [-0.39, 0.29) is 6.42 Å². The molecule has 0 aliphatic heterocycles. The number of carboxylic acid groups (broad SMARTS) is 1. The van der Waals surface area contributed by atoms with Crippen LogP contribution in [0, 0.1) is 0 Å². The highest BCUT2D eigenvalue weighted by Gasteiger charge is 2.35. The van der Waals surface area contributed by atoms with Crippen LogP contribution in [-0.2, 0) is 4.79 Å². The number of aliphatic carboxylic acids is 1. The summed E-state index contributed by atoms with van der Waals surface area (Å²) in [4.78, 5) is 11.1. The van der Waals surface area contributed by atoms with Crippen molar-refractivity contribution >= 4 is 5.97 Å². The van der Waals surface area contributed by atoms with Gasteiger partial charge in [0, 0.05) is 0 Å².